The quantitative estimate of drug-likeness (QED) is 0.245. The number of benzene rings is 3. The summed E-state index contributed by atoms with van der Waals surface area (Å²) in [4.78, 5) is 29.5. The lowest BCUT2D eigenvalue weighted by Crippen LogP contribution is -2.42. The van der Waals surface area contributed by atoms with Crippen molar-refractivity contribution in [2.24, 2.45) is 0 Å². The zero-order chi connectivity index (χ0) is 29.1. The van der Waals surface area contributed by atoms with Crippen molar-refractivity contribution in [1.82, 2.24) is 15.6 Å². The number of hydrogen-bond donors (Lipinski definition) is 3. The molecule has 1 unspecified atom stereocenters. The summed E-state index contributed by atoms with van der Waals surface area (Å²) in [7, 11) is -2.96. The largest absolute Gasteiger partial charge is 0.480 e. The average Bonchev–Trinajstić information content (AvgIpc) is 3.30. The van der Waals surface area contributed by atoms with Gasteiger partial charge in [0.2, 0.25) is 0 Å². The average molecular weight is 613 g/mol. The monoisotopic (exact) mass is 611 g/mol. The Morgan fingerprint density at radius 1 is 0.976 bits per heavy atom. The smallest absolute Gasteiger partial charge is 0.326 e. The summed E-state index contributed by atoms with van der Waals surface area (Å²) >= 11 is 12.7. The number of pyridine rings is 1. The van der Waals surface area contributed by atoms with E-state index in [9.17, 15) is 23.1 Å². The van der Waals surface area contributed by atoms with Crippen LogP contribution in [0.25, 0.3) is 22.2 Å². The number of sulfone groups is 1. The Bertz CT molecular complexity index is 1710. The van der Waals surface area contributed by atoms with Crippen LogP contribution in [0.5, 0.6) is 0 Å². The van der Waals surface area contributed by atoms with E-state index in [0.717, 1.165) is 16.5 Å². The summed E-state index contributed by atoms with van der Waals surface area (Å²) in [5.41, 5.74) is 3.92. The molecule has 1 aliphatic rings. The maximum Gasteiger partial charge on any atom is 0.326 e. The standard InChI is InChI=1S/C30H27Cl2N3O5S/c31-23-2-1-3-24(32)28(23)26-11-9-21-14-19(6-10-25(21)34-26)15-27(30(37)38)35-29(36)20-7-4-18(5-8-20)16-33-22-12-13-41(39,40)17-22/h1-11,14,22,27,33H,12-13,15-17H2,(H,35,36)(H,37,38)/t22?,27-/m0/s1. The molecule has 5 rings (SSSR count). The Labute approximate surface area is 247 Å². The third-order valence-electron chi connectivity index (χ3n) is 7.06. The van der Waals surface area contributed by atoms with Gasteiger partial charge in [-0.05, 0) is 60.0 Å². The molecule has 41 heavy (non-hydrogen) atoms. The highest BCUT2D eigenvalue weighted by Crippen LogP contribution is 2.34. The molecule has 1 aromatic heterocycles. The van der Waals surface area contributed by atoms with Crippen molar-refractivity contribution in [2.75, 3.05) is 11.5 Å². The van der Waals surface area contributed by atoms with Crippen molar-refractivity contribution in [1.29, 1.82) is 0 Å². The van der Waals surface area contributed by atoms with E-state index in [1.165, 1.54) is 0 Å². The summed E-state index contributed by atoms with van der Waals surface area (Å²) < 4.78 is 23.3. The third-order valence-corrected chi connectivity index (χ3v) is 9.46. The molecule has 0 aliphatic carbocycles. The number of carboxylic acid groups (broad SMARTS) is 1. The number of fused-ring (bicyclic) bond motifs is 1. The minimum absolute atomic E-state index is 0.0758. The molecule has 1 fully saturated rings. The number of carbonyl (C=O) groups excluding carboxylic acids is 1. The van der Waals surface area contributed by atoms with Crippen LogP contribution in [0.4, 0.5) is 0 Å². The Balaban J connectivity index is 1.23. The highest BCUT2D eigenvalue weighted by Gasteiger charge is 2.27. The van der Waals surface area contributed by atoms with Crippen LogP contribution >= 0.6 is 23.2 Å². The van der Waals surface area contributed by atoms with Crippen LogP contribution in [0.1, 0.15) is 27.9 Å². The van der Waals surface area contributed by atoms with Gasteiger partial charge in [-0.2, -0.15) is 0 Å². The first-order valence-electron chi connectivity index (χ1n) is 13.0. The minimum atomic E-state index is -2.96. The number of amides is 1. The summed E-state index contributed by atoms with van der Waals surface area (Å²) in [5.74, 6) is -1.31. The van der Waals surface area contributed by atoms with Crippen LogP contribution in [-0.2, 0) is 27.6 Å². The van der Waals surface area contributed by atoms with Gasteiger partial charge in [-0.15, -0.1) is 0 Å². The van der Waals surface area contributed by atoms with Crippen LogP contribution in [0.15, 0.2) is 72.8 Å². The van der Waals surface area contributed by atoms with Gasteiger partial charge in [0.15, 0.2) is 9.84 Å². The lowest BCUT2D eigenvalue weighted by Gasteiger charge is -2.16. The predicted molar refractivity (Wildman–Crippen MR) is 160 cm³/mol. The van der Waals surface area contributed by atoms with Crippen molar-refractivity contribution in [3.63, 3.8) is 0 Å². The van der Waals surface area contributed by atoms with Gasteiger partial charge in [-0.3, -0.25) is 4.79 Å². The van der Waals surface area contributed by atoms with Gasteiger partial charge in [-0.1, -0.05) is 53.5 Å². The highest BCUT2D eigenvalue weighted by atomic mass is 35.5. The molecule has 212 valence electrons. The van der Waals surface area contributed by atoms with Crippen LogP contribution in [0.3, 0.4) is 0 Å². The number of carbonyl (C=O) groups is 2. The fourth-order valence-corrected chi connectivity index (χ4v) is 7.15. The normalized spacial score (nSPS) is 16.9. The molecule has 0 spiro atoms. The van der Waals surface area contributed by atoms with Crippen LogP contribution in [0, 0.1) is 0 Å². The second-order valence-electron chi connectivity index (χ2n) is 10.1. The zero-order valence-electron chi connectivity index (χ0n) is 21.8. The van der Waals surface area contributed by atoms with Crippen molar-refractivity contribution in [2.45, 2.75) is 31.5 Å². The summed E-state index contributed by atoms with van der Waals surface area (Å²) in [6.07, 6.45) is 0.674. The molecule has 8 nitrogen and oxygen atoms in total. The molecule has 3 aromatic carbocycles. The molecule has 2 heterocycles. The summed E-state index contributed by atoms with van der Waals surface area (Å²) in [6.45, 7) is 0.476. The molecule has 1 amide bonds. The minimum Gasteiger partial charge on any atom is -0.480 e. The van der Waals surface area contributed by atoms with Gasteiger partial charge in [0.1, 0.15) is 6.04 Å². The molecular weight excluding hydrogens is 585 g/mol. The van der Waals surface area contributed by atoms with E-state index in [1.807, 2.05) is 18.2 Å². The second kappa shape index (κ2) is 12.2. The Morgan fingerprint density at radius 2 is 1.68 bits per heavy atom. The van der Waals surface area contributed by atoms with Crippen molar-refractivity contribution in [3.8, 4) is 11.3 Å². The second-order valence-corrected chi connectivity index (χ2v) is 13.1. The van der Waals surface area contributed by atoms with Crippen molar-refractivity contribution in [3.05, 3.63) is 99.5 Å². The van der Waals surface area contributed by atoms with E-state index in [4.69, 9.17) is 23.2 Å². The van der Waals surface area contributed by atoms with E-state index in [1.54, 1.807) is 54.6 Å². The first-order valence-corrected chi connectivity index (χ1v) is 15.6. The fraction of sp³-hybridized carbons (Fsp3) is 0.233. The topological polar surface area (TPSA) is 125 Å². The molecule has 3 N–H and O–H groups in total. The SMILES string of the molecule is O=C(N[C@@H](Cc1ccc2nc(-c3c(Cl)cccc3Cl)ccc2c1)C(=O)O)c1ccc(CNC2CCS(=O)(=O)C2)cc1. The van der Waals surface area contributed by atoms with E-state index >= 15 is 0 Å². The molecule has 0 saturated carbocycles. The molecular formula is C30H27Cl2N3O5S. The number of aliphatic carboxylic acids is 1. The first-order chi connectivity index (χ1) is 19.6. The molecule has 0 bridgehead atoms. The zero-order valence-corrected chi connectivity index (χ0v) is 24.1. The van der Waals surface area contributed by atoms with E-state index in [2.05, 4.69) is 15.6 Å². The molecule has 4 aromatic rings. The van der Waals surface area contributed by atoms with Gasteiger partial charge in [0.25, 0.3) is 5.91 Å². The highest BCUT2D eigenvalue weighted by molar-refractivity contribution is 7.91. The maximum absolute atomic E-state index is 12.9. The van der Waals surface area contributed by atoms with Gasteiger partial charge in [0.05, 0.1) is 32.8 Å². The number of nitrogens with zero attached hydrogens (tertiary/aromatic N) is 1. The third kappa shape index (κ3) is 7.05. The summed E-state index contributed by atoms with van der Waals surface area (Å²) in [5, 5.41) is 17.5. The number of carboxylic acids is 1. The van der Waals surface area contributed by atoms with Crippen LogP contribution < -0.4 is 10.6 Å². The van der Waals surface area contributed by atoms with E-state index < -0.39 is 27.8 Å². The molecule has 2 atom stereocenters. The van der Waals surface area contributed by atoms with E-state index in [0.29, 0.717) is 45.3 Å². The van der Waals surface area contributed by atoms with Crippen molar-refractivity contribution >= 4 is 55.8 Å². The molecule has 1 saturated heterocycles. The lowest BCUT2D eigenvalue weighted by atomic mass is 10.0. The molecule has 0 radical (unpaired) electrons. The van der Waals surface area contributed by atoms with Gasteiger partial charge < -0.3 is 15.7 Å². The van der Waals surface area contributed by atoms with Gasteiger partial charge in [0, 0.05) is 35.5 Å². The van der Waals surface area contributed by atoms with Crippen molar-refractivity contribution < 1.29 is 23.1 Å². The number of hydrogen-bond acceptors (Lipinski definition) is 6. The van der Waals surface area contributed by atoms with Crippen LogP contribution in [0.2, 0.25) is 10.0 Å². The number of aromatic nitrogens is 1. The Kier molecular flexibility index (Phi) is 8.60. The number of rotatable bonds is 9. The maximum atomic E-state index is 12.9. The van der Waals surface area contributed by atoms with Gasteiger partial charge in [-0.25, -0.2) is 18.2 Å². The number of nitrogens with one attached hydrogen (secondary N) is 2. The lowest BCUT2D eigenvalue weighted by molar-refractivity contribution is -0.139. The molecule has 11 heteroatoms. The summed E-state index contributed by atoms with van der Waals surface area (Å²) in [6, 6.07) is 19.9. The van der Waals surface area contributed by atoms with E-state index in [-0.39, 0.29) is 24.0 Å². The molecule has 1 aliphatic heterocycles. The first kappa shape index (κ1) is 29.0. The predicted octanol–water partition coefficient (Wildman–Crippen LogP) is 4.91. The Hall–Kier alpha value is -3.50. The Morgan fingerprint density at radius 3 is 2.34 bits per heavy atom. The fourth-order valence-electron chi connectivity index (χ4n) is 4.85. The number of halogens is 2. The van der Waals surface area contributed by atoms with Gasteiger partial charge >= 0.3 is 5.97 Å². The van der Waals surface area contributed by atoms with Crippen LogP contribution in [-0.4, -0.2) is 54.0 Å².